The molecule has 0 bridgehead atoms. The molecular formula is C17H20N2O4. The predicted octanol–water partition coefficient (Wildman–Crippen LogP) is 2.05. The standard InChI is InChI=1S/C17H20N2O4/c1-5-23-17(21)14-11(3)19-10(2)13(16(20)22-4)15(14)12-7-6-8-18-9-12/h6-9,15,19H,5H2,1-4H3. The summed E-state index contributed by atoms with van der Waals surface area (Å²) in [5, 5.41) is 3.07. The number of hydrogen-bond donors (Lipinski definition) is 1. The second-order valence-corrected chi connectivity index (χ2v) is 5.13. The summed E-state index contributed by atoms with van der Waals surface area (Å²) in [4.78, 5) is 28.8. The van der Waals surface area contributed by atoms with E-state index in [1.54, 1.807) is 39.2 Å². The summed E-state index contributed by atoms with van der Waals surface area (Å²) in [5.41, 5.74) is 2.81. The largest absolute Gasteiger partial charge is 0.466 e. The zero-order valence-corrected chi connectivity index (χ0v) is 13.7. The number of nitrogens with one attached hydrogen (secondary N) is 1. The van der Waals surface area contributed by atoms with Crippen molar-refractivity contribution < 1.29 is 19.1 Å². The average molecular weight is 316 g/mol. The Morgan fingerprint density at radius 2 is 1.87 bits per heavy atom. The number of allylic oxidation sites excluding steroid dienone is 2. The molecule has 6 heteroatoms. The summed E-state index contributed by atoms with van der Waals surface area (Å²) >= 11 is 0. The Morgan fingerprint density at radius 1 is 1.22 bits per heavy atom. The van der Waals surface area contributed by atoms with Gasteiger partial charge in [-0.2, -0.15) is 0 Å². The summed E-state index contributed by atoms with van der Waals surface area (Å²) in [6.45, 7) is 5.56. The number of nitrogens with zero attached hydrogens (tertiary/aromatic N) is 1. The highest BCUT2D eigenvalue weighted by Crippen LogP contribution is 2.38. The Hall–Kier alpha value is -2.63. The van der Waals surface area contributed by atoms with E-state index in [1.165, 1.54) is 7.11 Å². The topological polar surface area (TPSA) is 77.5 Å². The molecule has 0 radical (unpaired) electrons. The summed E-state index contributed by atoms with van der Waals surface area (Å²) in [6.07, 6.45) is 3.28. The van der Waals surface area contributed by atoms with Crippen molar-refractivity contribution in [2.45, 2.75) is 26.7 Å². The van der Waals surface area contributed by atoms with Crippen LogP contribution >= 0.6 is 0 Å². The van der Waals surface area contributed by atoms with Crippen molar-refractivity contribution in [2.75, 3.05) is 13.7 Å². The van der Waals surface area contributed by atoms with Gasteiger partial charge in [0.25, 0.3) is 0 Å². The molecule has 1 aromatic heterocycles. The first kappa shape index (κ1) is 16.7. The van der Waals surface area contributed by atoms with Crippen LogP contribution in [0.3, 0.4) is 0 Å². The van der Waals surface area contributed by atoms with Crippen LogP contribution in [0.5, 0.6) is 0 Å². The van der Waals surface area contributed by atoms with Gasteiger partial charge in [-0.15, -0.1) is 0 Å². The summed E-state index contributed by atoms with van der Waals surface area (Å²) < 4.78 is 10.1. The maximum absolute atomic E-state index is 12.4. The molecule has 0 aliphatic carbocycles. The van der Waals surface area contributed by atoms with Gasteiger partial charge in [-0.25, -0.2) is 9.59 Å². The quantitative estimate of drug-likeness (QED) is 0.857. The molecule has 2 heterocycles. The Morgan fingerprint density at radius 3 is 2.39 bits per heavy atom. The number of methoxy groups -OCH3 is 1. The first-order chi connectivity index (χ1) is 11.0. The van der Waals surface area contributed by atoms with Gasteiger partial charge in [-0.1, -0.05) is 6.07 Å². The van der Waals surface area contributed by atoms with Gasteiger partial charge in [0, 0.05) is 23.8 Å². The maximum atomic E-state index is 12.4. The van der Waals surface area contributed by atoms with E-state index >= 15 is 0 Å². The van der Waals surface area contributed by atoms with Crippen molar-refractivity contribution in [3.63, 3.8) is 0 Å². The van der Waals surface area contributed by atoms with Crippen molar-refractivity contribution in [2.24, 2.45) is 0 Å². The Balaban J connectivity index is 2.62. The van der Waals surface area contributed by atoms with Crippen LogP contribution in [0.15, 0.2) is 47.1 Å². The molecule has 0 saturated heterocycles. The lowest BCUT2D eigenvalue weighted by Gasteiger charge is -2.30. The lowest BCUT2D eigenvalue weighted by Crippen LogP contribution is -2.32. The van der Waals surface area contributed by atoms with Gasteiger partial charge in [0.2, 0.25) is 0 Å². The Bertz CT molecular complexity index is 677. The van der Waals surface area contributed by atoms with E-state index < -0.39 is 17.9 Å². The van der Waals surface area contributed by atoms with Crippen LogP contribution in [0.25, 0.3) is 0 Å². The first-order valence-corrected chi connectivity index (χ1v) is 7.35. The van der Waals surface area contributed by atoms with Crippen LogP contribution in [0, 0.1) is 0 Å². The molecule has 0 aromatic carbocycles. The highest BCUT2D eigenvalue weighted by atomic mass is 16.5. The molecule has 0 spiro atoms. The minimum absolute atomic E-state index is 0.256. The molecule has 1 aromatic rings. The lowest BCUT2D eigenvalue weighted by molar-refractivity contribution is -0.139. The molecule has 23 heavy (non-hydrogen) atoms. The molecule has 122 valence electrons. The molecule has 1 atom stereocenters. The number of aromatic nitrogens is 1. The number of ether oxygens (including phenoxy) is 2. The fraction of sp³-hybridized carbons (Fsp3) is 0.353. The first-order valence-electron chi connectivity index (χ1n) is 7.35. The van der Waals surface area contributed by atoms with Gasteiger partial charge in [0.15, 0.2) is 0 Å². The molecule has 6 nitrogen and oxygen atoms in total. The van der Waals surface area contributed by atoms with Crippen molar-refractivity contribution in [3.8, 4) is 0 Å². The summed E-state index contributed by atoms with van der Waals surface area (Å²) in [6, 6.07) is 3.59. The SMILES string of the molecule is CCOC(=O)C1=C(C)NC(C)=C(C(=O)OC)C1c1cccnc1. The number of pyridine rings is 1. The van der Waals surface area contributed by atoms with Crippen molar-refractivity contribution in [1.29, 1.82) is 0 Å². The van der Waals surface area contributed by atoms with Gasteiger partial charge < -0.3 is 14.8 Å². The van der Waals surface area contributed by atoms with E-state index in [9.17, 15) is 9.59 Å². The van der Waals surface area contributed by atoms with Crippen LogP contribution in [-0.2, 0) is 19.1 Å². The maximum Gasteiger partial charge on any atom is 0.336 e. The summed E-state index contributed by atoms with van der Waals surface area (Å²) in [5.74, 6) is -1.52. The predicted molar refractivity (Wildman–Crippen MR) is 84.2 cm³/mol. The highest BCUT2D eigenvalue weighted by Gasteiger charge is 2.37. The normalized spacial score (nSPS) is 17.7. The smallest absolute Gasteiger partial charge is 0.336 e. The number of carbonyl (C=O) groups is 2. The molecule has 0 fully saturated rings. The van der Waals surface area contributed by atoms with Crippen LogP contribution < -0.4 is 5.32 Å². The molecule has 1 N–H and O–H groups in total. The van der Waals surface area contributed by atoms with E-state index in [2.05, 4.69) is 10.3 Å². The second kappa shape index (κ2) is 7.09. The zero-order chi connectivity index (χ0) is 17.0. The van der Waals surface area contributed by atoms with E-state index in [0.717, 1.165) is 5.56 Å². The van der Waals surface area contributed by atoms with E-state index in [1.807, 2.05) is 6.07 Å². The van der Waals surface area contributed by atoms with Crippen molar-refractivity contribution in [3.05, 3.63) is 52.6 Å². The third kappa shape index (κ3) is 3.26. The molecule has 1 unspecified atom stereocenters. The van der Waals surface area contributed by atoms with E-state index in [0.29, 0.717) is 22.5 Å². The second-order valence-electron chi connectivity index (χ2n) is 5.13. The van der Waals surface area contributed by atoms with Crippen LogP contribution in [0.1, 0.15) is 32.3 Å². The monoisotopic (exact) mass is 316 g/mol. The highest BCUT2D eigenvalue weighted by molar-refractivity contribution is 5.99. The number of esters is 2. The molecule has 1 aliphatic rings. The van der Waals surface area contributed by atoms with Crippen LogP contribution in [-0.4, -0.2) is 30.6 Å². The molecule has 0 saturated carbocycles. The van der Waals surface area contributed by atoms with Gasteiger partial charge in [-0.3, -0.25) is 4.98 Å². The van der Waals surface area contributed by atoms with E-state index in [4.69, 9.17) is 9.47 Å². The third-order valence-electron chi connectivity index (χ3n) is 3.68. The fourth-order valence-corrected chi connectivity index (χ4v) is 2.73. The van der Waals surface area contributed by atoms with Gasteiger partial charge in [0.05, 0.1) is 30.8 Å². The van der Waals surface area contributed by atoms with Gasteiger partial charge >= 0.3 is 11.9 Å². The van der Waals surface area contributed by atoms with Gasteiger partial charge in [0.1, 0.15) is 0 Å². The average Bonchev–Trinajstić information content (AvgIpc) is 2.54. The number of dihydropyridines is 1. The molecular weight excluding hydrogens is 296 g/mol. The number of hydrogen-bond acceptors (Lipinski definition) is 6. The van der Waals surface area contributed by atoms with Gasteiger partial charge in [-0.05, 0) is 32.4 Å². The van der Waals surface area contributed by atoms with Crippen molar-refractivity contribution >= 4 is 11.9 Å². The number of rotatable bonds is 4. The molecule has 2 rings (SSSR count). The lowest BCUT2D eigenvalue weighted by atomic mass is 9.81. The minimum Gasteiger partial charge on any atom is -0.466 e. The number of carbonyl (C=O) groups excluding carboxylic acids is 2. The Kier molecular flexibility index (Phi) is 5.16. The molecule has 1 aliphatic heterocycles. The third-order valence-corrected chi connectivity index (χ3v) is 3.68. The fourth-order valence-electron chi connectivity index (χ4n) is 2.73. The van der Waals surface area contributed by atoms with Crippen molar-refractivity contribution in [1.82, 2.24) is 10.3 Å². The molecule has 0 amide bonds. The summed E-state index contributed by atoms with van der Waals surface area (Å²) in [7, 11) is 1.32. The Labute approximate surface area is 135 Å². The minimum atomic E-state index is -0.573. The zero-order valence-electron chi connectivity index (χ0n) is 13.7. The van der Waals surface area contributed by atoms with Crippen LogP contribution in [0.4, 0.5) is 0 Å². The van der Waals surface area contributed by atoms with Crippen LogP contribution in [0.2, 0.25) is 0 Å². The van der Waals surface area contributed by atoms with E-state index in [-0.39, 0.29) is 6.61 Å².